The summed E-state index contributed by atoms with van der Waals surface area (Å²) < 4.78 is 0. The van der Waals surface area contributed by atoms with Crippen LogP contribution in [0.5, 0.6) is 0 Å². The van der Waals surface area contributed by atoms with Gasteiger partial charge in [0.1, 0.15) is 6.07 Å². The molecule has 1 aliphatic heterocycles. The Morgan fingerprint density at radius 2 is 2.19 bits per heavy atom. The molecular formula is C16H13N3O2. The summed E-state index contributed by atoms with van der Waals surface area (Å²) in [6.07, 6.45) is 2.43. The quantitative estimate of drug-likeness (QED) is 0.912. The van der Waals surface area contributed by atoms with Crippen molar-refractivity contribution in [3.05, 3.63) is 58.9 Å². The molecule has 1 N–H and O–H groups in total. The summed E-state index contributed by atoms with van der Waals surface area (Å²) in [6.45, 7) is 1.39. The van der Waals surface area contributed by atoms with Crippen LogP contribution < -0.4 is 4.90 Å². The number of aromatic nitrogens is 1. The molecule has 2 heterocycles. The Balaban J connectivity index is 1.95. The number of hydrogen-bond donors (Lipinski definition) is 1. The fraction of sp³-hybridized carbons (Fsp3) is 0.188. The number of nitrogens with zero attached hydrogens (tertiary/aromatic N) is 3. The predicted molar refractivity (Wildman–Crippen MR) is 77.1 cm³/mol. The molecule has 0 saturated carbocycles. The Bertz CT molecular complexity index is 749. The minimum Gasteiger partial charge on any atom is -0.478 e. The third-order valence-corrected chi connectivity index (χ3v) is 3.70. The lowest BCUT2D eigenvalue weighted by atomic mass is 9.97. The summed E-state index contributed by atoms with van der Waals surface area (Å²) in [5, 5.41) is 18.2. The standard InChI is InChI=1S/C16H13N3O2/c17-9-14-15(2-1-6-18-14)19-7-5-11-3-4-12(16(20)21)8-13(11)10-19/h1-4,6,8H,5,7,10H2,(H,20,21). The molecule has 0 bridgehead atoms. The van der Waals surface area contributed by atoms with E-state index in [-0.39, 0.29) is 0 Å². The van der Waals surface area contributed by atoms with Crippen molar-refractivity contribution in [1.82, 2.24) is 4.98 Å². The van der Waals surface area contributed by atoms with Gasteiger partial charge in [-0.15, -0.1) is 0 Å². The highest BCUT2D eigenvalue weighted by Crippen LogP contribution is 2.26. The Morgan fingerprint density at radius 3 is 2.95 bits per heavy atom. The monoisotopic (exact) mass is 279 g/mol. The molecule has 5 heteroatoms. The van der Waals surface area contributed by atoms with E-state index in [2.05, 4.69) is 16.0 Å². The molecule has 3 rings (SSSR count). The number of benzene rings is 1. The van der Waals surface area contributed by atoms with Gasteiger partial charge in [-0.3, -0.25) is 0 Å². The second-order valence-corrected chi connectivity index (χ2v) is 4.94. The second kappa shape index (κ2) is 5.25. The molecule has 0 fully saturated rings. The molecule has 0 radical (unpaired) electrons. The van der Waals surface area contributed by atoms with Gasteiger partial charge in [0, 0.05) is 19.3 Å². The first-order chi connectivity index (χ1) is 10.2. The van der Waals surface area contributed by atoms with Gasteiger partial charge < -0.3 is 10.0 Å². The lowest BCUT2D eigenvalue weighted by Crippen LogP contribution is -2.31. The van der Waals surface area contributed by atoms with E-state index in [1.807, 2.05) is 12.1 Å². The summed E-state index contributed by atoms with van der Waals surface area (Å²) in [7, 11) is 0. The minimum absolute atomic E-state index is 0.294. The second-order valence-electron chi connectivity index (χ2n) is 4.94. The van der Waals surface area contributed by atoms with E-state index in [0.29, 0.717) is 17.8 Å². The third-order valence-electron chi connectivity index (χ3n) is 3.70. The number of nitriles is 1. The molecule has 0 aliphatic carbocycles. The van der Waals surface area contributed by atoms with Crippen molar-refractivity contribution in [2.45, 2.75) is 13.0 Å². The number of hydrogen-bond acceptors (Lipinski definition) is 4. The van der Waals surface area contributed by atoms with Gasteiger partial charge in [-0.1, -0.05) is 6.07 Å². The van der Waals surface area contributed by atoms with E-state index in [1.54, 1.807) is 24.4 Å². The highest BCUT2D eigenvalue weighted by atomic mass is 16.4. The Labute approximate surface area is 122 Å². The van der Waals surface area contributed by atoms with E-state index >= 15 is 0 Å². The molecule has 0 unspecified atom stereocenters. The van der Waals surface area contributed by atoms with Crippen LogP contribution in [-0.4, -0.2) is 22.6 Å². The number of rotatable bonds is 2. The summed E-state index contributed by atoms with van der Waals surface area (Å²) >= 11 is 0. The summed E-state index contributed by atoms with van der Waals surface area (Å²) in [6, 6.07) is 11.0. The average molecular weight is 279 g/mol. The smallest absolute Gasteiger partial charge is 0.335 e. The van der Waals surface area contributed by atoms with E-state index in [1.165, 1.54) is 5.56 Å². The molecule has 0 saturated heterocycles. The van der Waals surface area contributed by atoms with Gasteiger partial charge in [0.15, 0.2) is 5.69 Å². The van der Waals surface area contributed by atoms with Crippen LogP contribution in [0.1, 0.15) is 27.2 Å². The molecule has 104 valence electrons. The number of aromatic carboxylic acids is 1. The normalized spacial score (nSPS) is 13.4. The van der Waals surface area contributed by atoms with Crippen molar-refractivity contribution in [2.75, 3.05) is 11.4 Å². The number of carboxylic acid groups (broad SMARTS) is 1. The van der Waals surface area contributed by atoms with Gasteiger partial charge in [-0.05, 0) is 41.8 Å². The van der Waals surface area contributed by atoms with Crippen LogP contribution in [0.15, 0.2) is 36.5 Å². The maximum Gasteiger partial charge on any atom is 0.335 e. The highest BCUT2D eigenvalue weighted by Gasteiger charge is 2.20. The molecule has 0 atom stereocenters. The van der Waals surface area contributed by atoms with Gasteiger partial charge in [-0.2, -0.15) is 5.26 Å². The molecule has 1 aromatic carbocycles. The SMILES string of the molecule is N#Cc1ncccc1N1CCc2ccc(C(=O)O)cc2C1. The Hall–Kier alpha value is -2.87. The van der Waals surface area contributed by atoms with Crippen LogP contribution in [0.2, 0.25) is 0 Å². The fourth-order valence-corrected chi connectivity index (χ4v) is 2.63. The fourth-order valence-electron chi connectivity index (χ4n) is 2.63. The molecule has 1 aromatic heterocycles. The Kier molecular flexibility index (Phi) is 3.28. The van der Waals surface area contributed by atoms with E-state index in [9.17, 15) is 4.79 Å². The van der Waals surface area contributed by atoms with Crippen molar-refractivity contribution < 1.29 is 9.90 Å². The van der Waals surface area contributed by atoms with Crippen LogP contribution in [0.3, 0.4) is 0 Å². The van der Waals surface area contributed by atoms with Crippen molar-refractivity contribution in [3.63, 3.8) is 0 Å². The van der Waals surface area contributed by atoms with Crippen LogP contribution in [0.25, 0.3) is 0 Å². The predicted octanol–water partition coefficient (Wildman–Crippen LogP) is 2.21. The number of pyridine rings is 1. The van der Waals surface area contributed by atoms with Gasteiger partial charge in [0.2, 0.25) is 0 Å². The molecular weight excluding hydrogens is 266 g/mol. The number of anilines is 1. The Morgan fingerprint density at radius 1 is 1.33 bits per heavy atom. The maximum absolute atomic E-state index is 11.1. The average Bonchev–Trinajstić information content (AvgIpc) is 2.53. The van der Waals surface area contributed by atoms with Crippen molar-refractivity contribution >= 4 is 11.7 Å². The molecule has 1 aliphatic rings. The third kappa shape index (κ3) is 2.43. The molecule has 2 aromatic rings. The largest absolute Gasteiger partial charge is 0.478 e. The minimum atomic E-state index is -0.922. The first-order valence-electron chi connectivity index (χ1n) is 6.64. The van der Waals surface area contributed by atoms with Crippen LogP contribution >= 0.6 is 0 Å². The zero-order chi connectivity index (χ0) is 14.8. The highest BCUT2D eigenvalue weighted by molar-refractivity contribution is 5.88. The topological polar surface area (TPSA) is 77.2 Å². The van der Waals surface area contributed by atoms with E-state index in [4.69, 9.17) is 10.4 Å². The van der Waals surface area contributed by atoms with Crippen molar-refractivity contribution in [1.29, 1.82) is 5.26 Å². The lowest BCUT2D eigenvalue weighted by molar-refractivity contribution is 0.0696. The van der Waals surface area contributed by atoms with E-state index in [0.717, 1.165) is 24.2 Å². The zero-order valence-corrected chi connectivity index (χ0v) is 11.3. The first kappa shape index (κ1) is 13.1. The van der Waals surface area contributed by atoms with Crippen LogP contribution in [-0.2, 0) is 13.0 Å². The summed E-state index contributed by atoms with van der Waals surface area (Å²) in [5.41, 5.74) is 3.65. The maximum atomic E-state index is 11.1. The number of carboxylic acids is 1. The van der Waals surface area contributed by atoms with Crippen LogP contribution in [0.4, 0.5) is 5.69 Å². The van der Waals surface area contributed by atoms with Gasteiger partial charge in [0.25, 0.3) is 0 Å². The molecule has 0 amide bonds. The van der Waals surface area contributed by atoms with Crippen molar-refractivity contribution in [3.8, 4) is 6.07 Å². The zero-order valence-electron chi connectivity index (χ0n) is 11.3. The van der Waals surface area contributed by atoms with Crippen LogP contribution in [0, 0.1) is 11.3 Å². The van der Waals surface area contributed by atoms with E-state index < -0.39 is 5.97 Å². The lowest BCUT2D eigenvalue weighted by Gasteiger charge is -2.31. The number of carbonyl (C=O) groups is 1. The molecule has 0 spiro atoms. The molecule has 21 heavy (non-hydrogen) atoms. The molecule has 5 nitrogen and oxygen atoms in total. The van der Waals surface area contributed by atoms with Crippen molar-refractivity contribution in [2.24, 2.45) is 0 Å². The first-order valence-corrected chi connectivity index (χ1v) is 6.64. The van der Waals surface area contributed by atoms with Gasteiger partial charge in [0.05, 0.1) is 11.3 Å². The summed E-state index contributed by atoms with van der Waals surface area (Å²) in [4.78, 5) is 17.2. The van der Waals surface area contributed by atoms with Gasteiger partial charge in [-0.25, -0.2) is 9.78 Å². The van der Waals surface area contributed by atoms with Gasteiger partial charge >= 0.3 is 5.97 Å². The summed E-state index contributed by atoms with van der Waals surface area (Å²) in [5.74, 6) is -0.922. The number of fused-ring (bicyclic) bond motifs is 1.